The zero-order chi connectivity index (χ0) is 21.9. The largest absolute Gasteiger partial charge is 1.00 e. The number of nitrogens with zero attached hydrogens (tertiary/aromatic N) is 1. The summed E-state index contributed by atoms with van der Waals surface area (Å²) in [5, 5.41) is 7.44. The highest BCUT2D eigenvalue weighted by molar-refractivity contribution is 5.76. The summed E-state index contributed by atoms with van der Waals surface area (Å²) in [6.45, 7) is 5.15. The lowest BCUT2D eigenvalue weighted by Gasteiger charge is -2.35. The molecular weight excluding hydrogens is 422 g/mol. The van der Waals surface area contributed by atoms with E-state index < -0.39 is 0 Å². The van der Waals surface area contributed by atoms with Crippen LogP contribution in [0.15, 0.2) is 0 Å². The lowest BCUT2D eigenvalue weighted by Crippen LogP contribution is -3.00. The molecule has 3 aliphatic heterocycles. The van der Waals surface area contributed by atoms with Gasteiger partial charge in [0, 0.05) is 19.3 Å². The minimum atomic E-state index is 0. The van der Waals surface area contributed by atoms with Crippen LogP contribution in [0.25, 0.3) is 0 Å². The monoisotopic (exact) mass is 469 g/mol. The van der Waals surface area contributed by atoms with Crippen LogP contribution in [0.3, 0.4) is 0 Å². The van der Waals surface area contributed by atoms with Crippen molar-refractivity contribution >= 4 is 11.9 Å². The number of unbranched alkanes of at least 4 members (excludes halogenated alkanes) is 9. The van der Waals surface area contributed by atoms with Gasteiger partial charge in [0.2, 0.25) is 0 Å². The highest BCUT2D eigenvalue weighted by atomic mass is 35.5. The van der Waals surface area contributed by atoms with Gasteiger partial charge in [-0.05, 0) is 45.4 Å². The predicted octanol–water partition coefficient (Wildman–Crippen LogP) is 2.27. The highest BCUT2D eigenvalue weighted by Crippen LogP contribution is 2.31. The Kier molecular flexibility index (Phi) is 12.8. The number of hydrogen-bond acceptors (Lipinski definition) is 4. The molecule has 0 aromatic heterocycles. The van der Waals surface area contributed by atoms with Gasteiger partial charge in [-0.15, -0.1) is 0 Å². The van der Waals surface area contributed by atoms with Crippen LogP contribution < -0.4 is 23.0 Å². The number of ether oxygens (including phenoxy) is 1. The van der Waals surface area contributed by atoms with Gasteiger partial charge in [0.15, 0.2) is 0 Å². The van der Waals surface area contributed by atoms with Crippen molar-refractivity contribution in [1.82, 2.24) is 10.6 Å². The fraction of sp³-hybridized carbons (Fsp3) is 0.923. The molecule has 0 bridgehead atoms. The summed E-state index contributed by atoms with van der Waals surface area (Å²) in [7, 11) is 0. The van der Waals surface area contributed by atoms with Crippen molar-refractivity contribution in [2.24, 2.45) is 0 Å². The van der Waals surface area contributed by atoms with Crippen molar-refractivity contribution in [3.63, 3.8) is 0 Å². The smallest absolute Gasteiger partial charge is 0.346 e. The minimum absolute atomic E-state index is 0. The van der Waals surface area contributed by atoms with E-state index in [9.17, 15) is 4.79 Å². The fourth-order valence-electron chi connectivity index (χ4n) is 5.78. The van der Waals surface area contributed by atoms with Gasteiger partial charge in [-0.3, -0.25) is 20.0 Å². The third kappa shape index (κ3) is 8.76. The van der Waals surface area contributed by atoms with Gasteiger partial charge in [-0.25, -0.2) is 0 Å². The van der Waals surface area contributed by atoms with E-state index in [0.29, 0.717) is 25.1 Å². The lowest BCUT2D eigenvalue weighted by molar-refractivity contribution is -0.593. The van der Waals surface area contributed by atoms with Crippen LogP contribution in [0.4, 0.5) is 0 Å². The van der Waals surface area contributed by atoms with Crippen LogP contribution in [0.1, 0.15) is 123 Å². The van der Waals surface area contributed by atoms with Gasteiger partial charge in [0.25, 0.3) is 0 Å². The molecule has 0 radical (unpaired) electrons. The van der Waals surface area contributed by atoms with Crippen LogP contribution in [-0.2, 0) is 9.53 Å². The van der Waals surface area contributed by atoms with E-state index in [2.05, 4.69) is 29.1 Å². The Balaban J connectivity index is 0.00000363. The standard InChI is InChI=1S/C26H47N3O2.ClH/c1-3-4-5-6-7-8-9-10-11-15-25(30)31-18-13-12-14-22-20-24-17-16-23-19-21(2)27-26(28-22)29(23)24;/h21-24H,3-20H2,1-2H3,(H,27,28);1H/t21-,22+,23+,24-;/m1./s1. The van der Waals surface area contributed by atoms with Crippen molar-refractivity contribution in [2.45, 2.75) is 147 Å². The van der Waals surface area contributed by atoms with E-state index in [1.165, 1.54) is 89.4 Å². The van der Waals surface area contributed by atoms with E-state index in [4.69, 9.17) is 4.74 Å². The molecule has 0 aliphatic carbocycles. The molecule has 3 heterocycles. The normalized spacial score (nSPS) is 26.1. The fourth-order valence-corrected chi connectivity index (χ4v) is 5.78. The number of nitrogens with one attached hydrogen (secondary N) is 2. The first kappa shape index (κ1) is 27.3. The highest BCUT2D eigenvalue weighted by Gasteiger charge is 2.44. The second-order valence-corrected chi connectivity index (χ2v) is 10.3. The van der Waals surface area contributed by atoms with Gasteiger partial charge in [0.05, 0.1) is 30.8 Å². The number of esters is 1. The Bertz CT molecular complexity index is 583. The number of rotatable bonds is 15. The summed E-state index contributed by atoms with van der Waals surface area (Å²) < 4.78 is 8.10. The van der Waals surface area contributed by atoms with E-state index in [0.717, 1.165) is 31.3 Å². The maximum absolute atomic E-state index is 11.9. The van der Waals surface area contributed by atoms with Gasteiger partial charge >= 0.3 is 11.9 Å². The SMILES string of the molecule is CCCCCCCCCCCC(=O)OCCCC[C@H]1C[C@H]2CC[C@H]3C[C@@H](C)NC(=[N+]23)N1.[Cl-]. The maximum atomic E-state index is 11.9. The number of hydrogen-bond donors (Lipinski definition) is 2. The zero-order valence-corrected chi connectivity index (χ0v) is 21.4. The summed E-state index contributed by atoms with van der Waals surface area (Å²) in [6.07, 6.45) is 20.7. The average molecular weight is 470 g/mol. The molecule has 0 aromatic carbocycles. The minimum Gasteiger partial charge on any atom is -1.00 e. The van der Waals surface area contributed by atoms with Crippen LogP contribution in [0.5, 0.6) is 0 Å². The van der Waals surface area contributed by atoms with Crippen LogP contribution in [0, 0.1) is 0 Å². The first-order valence-corrected chi connectivity index (χ1v) is 13.5. The molecule has 5 nitrogen and oxygen atoms in total. The van der Waals surface area contributed by atoms with Gasteiger partial charge in [-0.1, -0.05) is 58.3 Å². The van der Waals surface area contributed by atoms with Gasteiger partial charge in [0.1, 0.15) is 0 Å². The third-order valence-corrected chi connectivity index (χ3v) is 7.48. The van der Waals surface area contributed by atoms with Crippen molar-refractivity contribution in [3.05, 3.63) is 0 Å². The summed E-state index contributed by atoms with van der Waals surface area (Å²) in [5.74, 6) is 1.29. The summed E-state index contributed by atoms with van der Waals surface area (Å²) >= 11 is 0. The first-order valence-electron chi connectivity index (χ1n) is 13.5. The molecule has 0 aromatic rings. The Morgan fingerprint density at radius 2 is 1.56 bits per heavy atom. The summed E-state index contributed by atoms with van der Waals surface area (Å²) in [5.41, 5.74) is 0. The molecule has 186 valence electrons. The molecule has 1 fully saturated rings. The third-order valence-electron chi connectivity index (χ3n) is 7.48. The molecule has 3 rings (SSSR count). The molecule has 4 atom stereocenters. The molecule has 3 aliphatic rings. The topological polar surface area (TPSA) is 53.4 Å². The number of halogens is 1. The van der Waals surface area contributed by atoms with Crippen molar-refractivity contribution in [1.29, 1.82) is 0 Å². The molecular formula is C26H48ClN3O2. The van der Waals surface area contributed by atoms with E-state index in [-0.39, 0.29) is 18.4 Å². The Hall–Kier alpha value is -0.970. The van der Waals surface area contributed by atoms with Gasteiger partial charge < -0.3 is 17.1 Å². The summed E-state index contributed by atoms with van der Waals surface area (Å²) in [4.78, 5) is 11.9. The zero-order valence-electron chi connectivity index (χ0n) is 20.7. The molecule has 6 heteroatoms. The molecule has 0 spiro atoms. The average Bonchev–Trinajstić information content (AvgIpc) is 3.15. The quantitative estimate of drug-likeness (QED) is 0.219. The Labute approximate surface area is 202 Å². The number of carbonyl (C=O) groups excluding carboxylic acids is 1. The number of carbonyl (C=O) groups is 1. The first-order chi connectivity index (χ1) is 15.2. The van der Waals surface area contributed by atoms with Crippen LogP contribution in [-0.4, -0.2) is 47.3 Å². The molecule has 32 heavy (non-hydrogen) atoms. The van der Waals surface area contributed by atoms with E-state index in [1.807, 2.05) is 0 Å². The molecule has 1 saturated heterocycles. The predicted molar refractivity (Wildman–Crippen MR) is 127 cm³/mol. The maximum Gasteiger partial charge on any atom is 0.346 e. The Morgan fingerprint density at radius 3 is 2.28 bits per heavy atom. The second-order valence-electron chi connectivity index (χ2n) is 10.3. The van der Waals surface area contributed by atoms with E-state index >= 15 is 0 Å². The van der Waals surface area contributed by atoms with Crippen molar-refractivity contribution in [2.75, 3.05) is 6.61 Å². The van der Waals surface area contributed by atoms with Crippen LogP contribution >= 0.6 is 0 Å². The second kappa shape index (κ2) is 15.0. The van der Waals surface area contributed by atoms with Crippen LogP contribution in [0.2, 0.25) is 0 Å². The molecule has 2 N–H and O–H groups in total. The summed E-state index contributed by atoms with van der Waals surface area (Å²) in [6, 6.07) is 2.60. The molecule has 0 saturated carbocycles. The lowest BCUT2D eigenvalue weighted by atomic mass is 9.99. The van der Waals surface area contributed by atoms with E-state index in [1.54, 1.807) is 0 Å². The molecule has 0 amide bonds. The van der Waals surface area contributed by atoms with Crippen molar-refractivity contribution < 1.29 is 26.5 Å². The van der Waals surface area contributed by atoms with Gasteiger partial charge in [-0.2, -0.15) is 0 Å². The Morgan fingerprint density at radius 1 is 0.906 bits per heavy atom. The number of guanidine groups is 1. The van der Waals surface area contributed by atoms with Crippen molar-refractivity contribution in [3.8, 4) is 0 Å². The molecule has 0 unspecified atom stereocenters.